The molecule has 1 rings (SSSR count). The van der Waals surface area contributed by atoms with E-state index in [1.807, 2.05) is 0 Å². The molecule has 1 N–H and O–H groups in total. The standard InChI is InChI=1S/C11H13Cl2NO4S2/c1-7(6-19(2)16)14-11(15)9-5-8(20(13,17)18)3-4-10(9)12/h3-5,7H,6H2,1-2H3,(H,14,15). The third-order valence-electron chi connectivity index (χ3n) is 2.33. The van der Waals surface area contributed by atoms with Gasteiger partial charge < -0.3 is 5.32 Å². The number of amides is 1. The molecule has 0 bridgehead atoms. The van der Waals surface area contributed by atoms with Crippen molar-refractivity contribution in [2.24, 2.45) is 0 Å². The number of carbonyl (C=O) groups is 1. The molecule has 0 saturated heterocycles. The molecule has 112 valence electrons. The lowest BCUT2D eigenvalue weighted by Crippen LogP contribution is -2.36. The number of carbonyl (C=O) groups excluding carboxylic acids is 1. The van der Waals surface area contributed by atoms with Gasteiger partial charge in [0.2, 0.25) is 0 Å². The topological polar surface area (TPSA) is 80.3 Å². The van der Waals surface area contributed by atoms with Crippen LogP contribution in [0.2, 0.25) is 5.02 Å². The van der Waals surface area contributed by atoms with Gasteiger partial charge >= 0.3 is 0 Å². The van der Waals surface area contributed by atoms with Crippen LogP contribution in [-0.4, -0.2) is 36.6 Å². The molecule has 0 fully saturated rings. The molecule has 1 aromatic rings. The summed E-state index contributed by atoms with van der Waals surface area (Å²) in [5, 5.41) is 2.70. The second-order valence-electron chi connectivity index (χ2n) is 4.19. The molecule has 2 unspecified atom stereocenters. The number of rotatable bonds is 5. The molecule has 0 spiro atoms. The van der Waals surface area contributed by atoms with Crippen LogP contribution in [0.4, 0.5) is 0 Å². The first-order valence-electron chi connectivity index (χ1n) is 5.46. The van der Waals surface area contributed by atoms with E-state index >= 15 is 0 Å². The van der Waals surface area contributed by atoms with Crippen molar-refractivity contribution in [1.29, 1.82) is 0 Å². The lowest BCUT2D eigenvalue weighted by Gasteiger charge is -2.13. The van der Waals surface area contributed by atoms with Crippen molar-refractivity contribution >= 4 is 48.0 Å². The summed E-state index contributed by atoms with van der Waals surface area (Å²) in [5.74, 6) is -0.258. The lowest BCUT2D eigenvalue weighted by molar-refractivity contribution is 0.0943. The fraction of sp³-hybridized carbons (Fsp3) is 0.364. The molecule has 0 aliphatic heterocycles. The molecule has 9 heteroatoms. The molecular weight excluding hydrogens is 345 g/mol. The Morgan fingerprint density at radius 1 is 1.45 bits per heavy atom. The summed E-state index contributed by atoms with van der Waals surface area (Å²) in [6.07, 6.45) is 1.52. The van der Waals surface area contributed by atoms with Gasteiger partial charge in [-0.05, 0) is 25.1 Å². The molecule has 0 heterocycles. The van der Waals surface area contributed by atoms with Crippen molar-refractivity contribution in [1.82, 2.24) is 5.32 Å². The molecule has 0 aliphatic carbocycles. The fourth-order valence-corrected chi connectivity index (χ4v) is 3.29. The average Bonchev–Trinajstić information content (AvgIpc) is 2.26. The zero-order valence-corrected chi connectivity index (χ0v) is 13.9. The Morgan fingerprint density at radius 2 is 2.05 bits per heavy atom. The quantitative estimate of drug-likeness (QED) is 0.814. The van der Waals surface area contributed by atoms with E-state index in [4.69, 9.17) is 22.3 Å². The van der Waals surface area contributed by atoms with Gasteiger partial charge in [0.15, 0.2) is 0 Å². The monoisotopic (exact) mass is 357 g/mol. The Morgan fingerprint density at radius 3 is 2.55 bits per heavy atom. The van der Waals surface area contributed by atoms with Crippen molar-refractivity contribution in [2.75, 3.05) is 12.0 Å². The van der Waals surface area contributed by atoms with E-state index in [2.05, 4.69) is 5.32 Å². The normalized spacial score (nSPS) is 14.6. The molecule has 1 aromatic carbocycles. The van der Waals surface area contributed by atoms with Gasteiger partial charge in [-0.1, -0.05) is 11.6 Å². The summed E-state index contributed by atoms with van der Waals surface area (Å²) >= 11 is 5.87. The highest BCUT2D eigenvalue weighted by molar-refractivity contribution is 8.13. The van der Waals surface area contributed by atoms with E-state index in [0.29, 0.717) is 0 Å². The van der Waals surface area contributed by atoms with Crippen LogP contribution < -0.4 is 5.32 Å². The lowest BCUT2D eigenvalue weighted by atomic mass is 10.2. The molecule has 0 saturated carbocycles. The third kappa shape index (κ3) is 5.05. The van der Waals surface area contributed by atoms with Crippen molar-refractivity contribution < 1.29 is 17.4 Å². The maximum absolute atomic E-state index is 12.0. The minimum Gasteiger partial charge on any atom is -0.349 e. The summed E-state index contributed by atoms with van der Waals surface area (Å²) in [6, 6.07) is 3.27. The van der Waals surface area contributed by atoms with Crippen LogP contribution in [0.1, 0.15) is 17.3 Å². The Balaban J connectivity index is 3.01. The zero-order chi connectivity index (χ0) is 15.5. The smallest absolute Gasteiger partial charge is 0.261 e. The first-order chi connectivity index (χ1) is 9.11. The zero-order valence-electron chi connectivity index (χ0n) is 10.7. The predicted octanol–water partition coefficient (Wildman–Crippen LogP) is 1.76. The highest BCUT2D eigenvalue weighted by Gasteiger charge is 2.18. The number of halogens is 2. The van der Waals surface area contributed by atoms with Gasteiger partial charge in [0, 0.05) is 39.5 Å². The van der Waals surface area contributed by atoms with Gasteiger partial charge in [0.25, 0.3) is 15.0 Å². The van der Waals surface area contributed by atoms with Gasteiger partial charge in [0.1, 0.15) is 0 Å². The second kappa shape index (κ2) is 6.89. The molecule has 0 aliphatic rings. The minimum atomic E-state index is -3.94. The van der Waals surface area contributed by atoms with Gasteiger partial charge in [-0.25, -0.2) is 8.42 Å². The van der Waals surface area contributed by atoms with Gasteiger partial charge in [-0.2, -0.15) is 0 Å². The number of hydrogen-bond acceptors (Lipinski definition) is 4. The Bertz CT molecular complexity index is 646. The maximum atomic E-state index is 12.0. The van der Waals surface area contributed by atoms with E-state index in [-0.39, 0.29) is 27.3 Å². The fourth-order valence-electron chi connectivity index (χ4n) is 1.53. The van der Waals surface area contributed by atoms with Crippen LogP contribution in [0, 0.1) is 0 Å². The van der Waals surface area contributed by atoms with Gasteiger partial charge in [-0.3, -0.25) is 9.00 Å². The highest BCUT2D eigenvalue weighted by Crippen LogP contribution is 2.22. The van der Waals surface area contributed by atoms with E-state index in [1.54, 1.807) is 6.92 Å². The molecule has 0 aromatic heterocycles. The molecule has 0 radical (unpaired) electrons. The van der Waals surface area contributed by atoms with Crippen molar-refractivity contribution in [3.05, 3.63) is 28.8 Å². The molecule has 5 nitrogen and oxygen atoms in total. The van der Waals surface area contributed by atoms with Crippen molar-refractivity contribution in [2.45, 2.75) is 17.9 Å². The maximum Gasteiger partial charge on any atom is 0.261 e. The van der Waals surface area contributed by atoms with E-state index in [9.17, 15) is 17.4 Å². The van der Waals surface area contributed by atoms with Crippen LogP contribution >= 0.6 is 22.3 Å². The second-order valence-corrected chi connectivity index (χ2v) is 8.65. The van der Waals surface area contributed by atoms with Crippen LogP contribution in [-0.2, 0) is 19.9 Å². The van der Waals surface area contributed by atoms with Crippen LogP contribution in [0.5, 0.6) is 0 Å². The SMILES string of the molecule is CC(CS(C)=O)NC(=O)c1cc(S(=O)(=O)Cl)ccc1Cl. The summed E-state index contributed by atoms with van der Waals surface area (Å²) in [5.41, 5.74) is 0.00197. The Hall–Kier alpha value is -0.630. The number of benzene rings is 1. The van der Waals surface area contributed by atoms with E-state index < -0.39 is 25.8 Å². The van der Waals surface area contributed by atoms with Crippen LogP contribution in [0.3, 0.4) is 0 Å². The van der Waals surface area contributed by atoms with Gasteiger partial charge in [-0.15, -0.1) is 0 Å². The highest BCUT2D eigenvalue weighted by atomic mass is 35.7. The van der Waals surface area contributed by atoms with E-state index in [1.165, 1.54) is 18.4 Å². The van der Waals surface area contributed by atoms with E-state index in [0.717, 1.165) is 6.07 Å². The first-order valence-corrected chi connectivity index (χ1v) is 9.88. The third-order valence-corrected chi connectivity index (χ3v) is 4.98. The van der Waals surface area contributed by atoms with Crippen LogP contribution in [0.25, 0.3) is 0 Å². The largest absolute Gasteiger partial charge is 0.349 e. The molecule has 2 atom stereocenters. The summed E-state index contributed by atoms with van der Waals surface area (Å²) < 4.78 is 33.5. The molecule has 1 amide bonds. The minimum absolute atomic E-state index is 0.00197. The Labute approximate surface area is 129 Å². The van der Waals surface area contributed by atoms with Crippen LogP contribution in [0.15, 0.2) is 23.1 Å². The summed E-state index contributed by atoms with van der Waals surface area (Å²) in [4.78, 5) is 11.8. The molecule has 20 heavy (non-hydrogen) atoms. The van der Waals surface area contributed by atoms with Crippen molar-refractivity contribution in [3.63, 3.8) is 0 Å². The number of hydrogen-bond donors (Lipinski definition) is 1. The first kappa shape index (κ1) is 17.4. The average molecular weight is 358 g/mol. The summed E-state index contributed by atoms with van der Waals surface area (Å²) in [6.45, 7) is 1.69. The number of nitrogens with one attached hydrogen (secondary N) is 1. The van der Waals surface area contributed by atoms with Gasteiger partial charge in [0.05, 0.1) is 15.5 Å². The summed E-state index contributed by atoms with van der Waals surface area (Å²) in [7, 11) is 0.224. The predicted molar refractivity (Wildman–Crippen MR) is 80.4 cm³/mol. The Kier molecular flexibility index (Phi) is 6.00. The van der Waals surface area contributed by atoms with Crippen molar-refractivity contribution in [3.8, 4) is 0 Å². The molecular formula is C11H13Cl2NO4S2.